The fraction of sp³-hybridized carbons (Fsp3) is 0.579. The molecule has 0 bridgehead atoms. The standard InChI is InChI=1S/C19H25F2N3O4/c1-13(25)22-10-15-11-24(18(26)28-15)14-3-4-17(16(20)9-14)23-7-5-19(21,6-8-23)12-27-2/h3-4,9,15H,5-8,10-12H2,1-2H3,(H,22,25)/t15-/m0/s1. The van der Waals surface area contributed by atoms with E-state index in [4.69, 9.17) is 9.47 Å². The molecule has 0 radical (unpaired) electrons. The molecule has 154 valence electrons. The molecular formula is C19H25F2N3O4. The van der Waals surface area contributed by atoms with Crippen molar-refractivity contribution in [2.45, 2.75) is 31.5 Å². The van der Waals surface area contributed by atoms with E-state index in [0.717, 1.165) is 0 Å². The van der Waals surface area contributed by atoms with E-state index < -0.39 is 23.7 Å². The lowest BCUT2D eigenvalue weighted by Gasteiger charge is -2.37. The fourth-order valence-electron chi connectivity index (χ4n) is 3.57. The van der Waals surface area contributed by atoms with E-state index in [9.17, 15) is 18.4 Å². The third kappa shape index (κ3) is 4.52. The molecular weight excluding hydrogens is 372 g/mol. The van der Waals surface area contributed by atoms with Crippen LogP contribution >= 0.6 is 0 Å². The minimum absolute atomic E-state index is 0.0407. The Bertz CT molecular complexity index is 738. The Morgan fingerprint density at radius 3 is 2.71 bits per heavy atom. The molecule has 0 aliphatic carbocycles. The van der Waals surface area contributed by atoms with Crippen molar-refractivity contribution in [2.24, 2.45) is 0 Å². The second kappa shape index (κ2) is 8.30. The number of ether oxygens (including phenoxy) is 2. The predicted octanol–water partition coefficient (Wildman–Crippen LogP) is 2.24. The van der Waals surface area contributed by atoms with Crippen LogP contribution in [0.2, 0.25) is 0 Å². The van der Waals surface area contributed by atoms with Gasteiger partial charge in [0.05, 0.1) is 31.1 Å². The van der Waals surface area contributed by atoms with Crippen molar-refractivity contribution in [3.05, 3.63) is 24.0 Å². The van der Waals surface area contributed by atoms with Gasteiger partial charge in [-0.1, -0.05) is 0 Å². The van der Waals surface area contributed by atoms with Crippen molar-refractivity contribution in [1.82, 2.24) is 5.32 Å². The quantitative estimate of drug-likeness (QED) is 0.797. The Morgan fingerprint density at radius 1 is 1.39 bits per heavy atom. The van der Waals surface area contributed by atoms with Crippen LogP contribution in [0.1, 0.15) is 19.8 Å². The number of hydrogen-bond donors (Lipinski definition) is 1. The number of halogens is 2. The molecule has 1 atom stereocenters. The number of anilines is 2. The number of benzene rings is 1. The van der Waals surface area contributed by atoms with Gasteiger partial charge in [0.1, 0.15) is 17.6 Å². The molecule has 2 aliphatic heterocycles. The third-order valence-corrected chi connectivity index (χ3v) is 5.10. The molecule has 3 rings (SSSR count). The molecule has 2 amide bonds. The smallest absolute Gasteiger partial charge is 0.414 e. The normalized spacial score (nSPS) is 21.6. The zero-order valence-electron chi connectivity index (χ0n) is 16.0. The lowest BCUT2D eigenvalue weighted by Crippen LogP contribution is -2.44. The number of carbonyl (C=O) groups is 2. The fourth-order valence-corrected chi connectivity index (χ4v) is 3.57. The summed E-state index contributed by atoms with van der Waals surface area (Å²) in [4.78, 5) is 26.2. The van der Waals surface area contributed by atoms with Gasteiger partial charge in [-0.05, 0) is 18.2 Å². The average molecular weight is 397 g/mol. The van der Waals surface area contributed by atoms with Gasteiger partial charge in [0.2, 0.25) is 5.91 Å². The molecule has 2 fully saturated rings. The number of nitrogens with one attached hydrogen (secondary N) is 1. The maximum absolute atomic E-state index is 14.7. The van der Waals surface area contributed by atoms with E-state index in [1.54, 1.807) is 17.0 Å². The topological polar surface area (TPSA) is 71.1 Å². The Hall–Kier alpha value is -2.42. The Morgan fingerprint density at radius 2 is 2.11 bits per heavy atom. The van der Waals surface area contributed by atoms with Crippen molar-refractivity contribution >= 4 is 23.4 Å². The molecule has 2 heterocycles. The zero-order chi connectivity index (χ0) is 20.3. The van der Waals surface area contributed by atoms with E-state index in [1.807, 2.05) is 0 Å². The Balaban J connectivity index is 1.65. The second-order valence-corrected chi connectivity index (χ2v) is 7.26. The maximum Gasteiger partial charge on any atom is 0.414 e. The first-order valence-corrected chi connectivity index (χ1v) is 9.26. The van der Waals surface area contributed by atoms with E-state index in [-0.39, 0.29) is 38.4 Å². The van der Waals surface area contributed by atoms with Crippen molar-refractivity contribution in [2.75, 3.05) is 49.7 Å². The first-order valence-electron chi connectivity index (χ1n) is 9.26. The molecule has 9 heteroatoms. The van der Waals surface area contributed by atoms with Gasteiger partial charge in [-0.15, -0.1) is 0 Å². The van der Waals surface area contributed by atoms with Gasteiger partial charge >= 0.3 is 6.09 Å². The maximum atomic E-state index is 14.7. The molecule has 0 saturated carbocycles. The summed E-state index contributed by atoms with van der Waals surface area (Å²) in [6, 6.07) is 4.53. The number of alkyl halides is 1. The van der Waals surface area contributed by atoms with Gasteiger partial charge < -0.3 is 19.7 Å². The van der Waals surface area contributed by atoms with Gasteiger partial charge in [-0.2, -0.15) is 0 Å². The third-order valence-electron chi connectivity index (χ3n) is 5.10. The molecule has 0 spiro atoms. The van der Waals surface area contributed by atoms with E-state index in [1.165, 1.54) is 25.0 Å². The SMILES string of the molecule is COCC1(F)CCN(c2ccc(N3C[C@H](CNC(C)=O)OC3=O)cc2F)CC1. The first kappa shape index (κ1) is 20.3. The van der Waals surface area contributed by atoms with Gasteiger partial charge in [-0.3, -0.25) is 9.69 Å². The highest BCUT2D eigenvalue weighted by Crippen LogP contribution is 2.33. The molecule has 1 aromatic carbocycles. The van der Waals surface area contributed by atoms with Crippen LogP contribution in [-0.2, 0) is 14.3 Å². The molecule has 7 nitrogen and oxygen atoms in total. The number of hydrogen-bond acceptors (Lipinski definition) is 5. The lowest BCUT2D eigenvalue weighted by molar-refractivity contribution is -0.119. The average Bonchev–Trinajstić information content (AvgIpc) is 3.02. The summed E-state index contributed by atoms with van der Waals surface area (Å²) < 4.78 is 39.3. The molecule has 1 N–H and O–H groups in total. The summed E-state index contributed by atoms with van der Waals surface area (Å²) >= 11 is 0. The Kier molecular flexibility index (Phi) is 6.02. The summed E-state index contributed by atoms with van der Waals surface area (Å²) in [6.07, 6.45) is -0.529. The minimum atomic E-state index is -1.37. The highest BCUT2D eigenvalue weighted by atomic mass is 19.1. The predicted molar refractivity (Wildman–Crippen MR) is 99.9 cm³/mol. The van der Waals surface area contributed by atoms with Crippen LogP contribution in [0.25, 0.3) is 0 Å². The summed E-state index contributed by atoms with van der Waals surface area (Å²) in [5, 5.41) is 2.60. The molecule has 0 aromatic heterocycles. The number of methoxy groups -OCH3 is 1. The lowest BCUT2D eigenvalue weighted by atomic mass is 9.94. The number of rotatable bonds is 6. The van der Waals surface area contributed by atoms with Crippen LogP contribution in [0, 0.1) is 5.82 Å². The van der Waals surface area contributed by atoms with Crippen molar-refractivity contribution < 1.29 is 27.8 Å². The number of piperidine rings is 1. The number of carbonyl (C=O) groups excluding carboxylic acids is 2. The molecule has 1 aromatic rings. The minimum Gasteiger partial charge on any atom is -0.442 e. The molecule has 2 aliphatic rings. The monoisotopic (exact) mass is 397 g/mol. The van der Waals surface area contributed by atoms with E-state index >= 15 is 0 Å². The zero-order valence-corrected chi connectivity index (χ0v) is 16.0. The van der Waals surface area contributed by atoms with Gasteiger partial charge in [0.25, 0.3) is 0 Å². The first-order chi connectivity index (χ1) is 13.3. The van der Waals surface area contributed by atoms with Gasteiger partial charge in [0, 0.05) is 40.0 Å². The second-order valence-electron chi connectivity index (χ2n) is 7.26. The summed E-state index contributed by atoms with van der Waals surface area (Å²) in [6.45, 7) is 2.63. The van der Waals surface area contributed by atoms with Crippen molar-refractivity contribution in [3.63, 3.8) is 0 Å². The Labute approximate surface area is 162 Å². The molecule has 28 heavy (non-hydrogen) atoms. The number of amides is 2. The number of cyclic esters (lactones) is 1. The van der Waals surface area contributed by atoms with Crippen LogP contribution in [0.4, 0.5) is 25.0 Å². The highest BCUT2D eigenvalue weighted by Gasteiger charge is 2.36. The number of nitrogens with zero attached hydrogens (tertiary/aromatic N) is 2. The largest absolute Gasteiger partial charge is 0.442 e. The van der Waals surface area contributed by atoms with Crippen LogP contribution in [0.15, 0.2) is 18.2 Å². The molecule has 0 unspecified atom stereocenters. The summed E-state index contributed by atoms with van der Waals surface area (Å²) in [5.74, 6) is -0.692. The van der Waals surface area contributed by atoms with Crippen LogP contribution < -0.4 is 15.1 Å². The van der Waals surface area contributed by atoms with Gasteiger partial charge in [-0.25, -0.2) is 13.6 Å². The highest BCUT2D eigenvalue weighted by molar-refractivity contribution is 5.90. The van der Waals surface area contributed by atoms with Crippen molar-refractivity contribution in [1.29, 1.82) is 0 Å². The summed E-state index contributed by atoms with van der Waals surface area (Å²) in [5.41, 5.74) is -0.609. The summed E-state index contributed by atoms with van der Waals surface area (Å²) in [7, 11) is 1.47. The van der Waals surface area contributed by atoms with Gasteiger partial charge in [0.15, 0.2) is 0 Å². The van der Waals surface area contributed by atoms with Crippen LogP contribution in [0.5, 0.6) is 0 Å². The van der Waals surface area contributed by atoms with E-state index in [2.05, 4.69) is 5.32 Å². The van der Waals surface area contributed by atoms with Crippen LogP contribution in [0.3, 0.4) is 0 Å². The van der Waals surface area contributed by atoms with Crippen LogP contribution in [-0.4, -0.2) is 63.7 Å². The van der Waals surface area contributed by atoms with Crippen molar-refractivity contribution in [3.8, 4) is 0 Å². The van der Waals surface area contributed by atoms with E-state index in [0.29, 0.717) is 24.5 Å². The molecule has 2 saturated heterocycles.